The summed E-state index contributed by atoms with van der Waals surface area (Å²) in [6, 6.07) is 11.8. The van der Waals surface area contributed by atoms with Gasteiger partial charge in [-0.1, -0.05) is 24.3 Å². The number of rotatable bonds is 4. The first-order valence-electron chi connectivity index (χ1n) is 6.22. The van der Waals surface area contributed by atoms with E-state index in [-0.39, 0.29) is 6.16 Å². The highest BCUT2D eigenvalue weighted by Crippen LogP contribution is 2.39. The van der Waals surface area contributed by atoms with Crippen molar-refractivity contribution in [2.45, 2.75) is 6.42 Å². The van der Waals surface area contributed by atoms with E-state index in [2.05, 4.69) is 4.98 Å². The number of aromatic nitrogens is 1. The van der Waals surface area contributed by atoms with Crippen LogP contribution >= 0.6 is 18.9 Å². The predicted octanol–water partition coefficient (Wildman–Crippen LogP) is 3.62. The zero-order valence-corrected chi connectivity index (χ0v) is 12.3. The van der Waals surface area contributed by atoms with Crippen molar-refractivity contribution in [1.29, 1.82) is 0 Å². The van der Waals surface area contributed by atoms with Gasteiger partial charge in [-0.25, -0.2) is 0 Å². The van der Waals surface area contributed by atoms with Crippen LogP contribution in [0.4, 0.5) is 0 Å². The van der Waals surface area contributed by atoms with Crippen LogP contribution in [0.5, 0.6) is 0 Å². The summed E-state index contributed by atoms with van der Waals surface area (Å²) in [5.41, 5.74) is 2.94. The molecule has 2 aromatic heterocycles. The van der Waals surface area contributed by atoms with Crippen LogP contribution in [-0.4, -0.2) is 20.9 Å². The van der Waals surface area contributed by atoms with Crippen molar-refractivity contribution in [2.24, 2.45) is 0 Å². The summed E-state index contributed by atoms with van der Waals surface area (Å²) in [5, 5.41) is 3.03. The summed E-state index contributed by atoms with van der Waals surface area (Å²) in [7, 11) is -3.99. The molecule has 0 saturated heterocycles. The van der Waals surface area contributed by atoms with Crippen molar-refractivity contribution in [3.05, 3.63) is 47.3 Å². The van der Waals surface area contributed by atoms with E-state index >= 15 is 0 Å². The fourth-order valence-corrected chi connectivity index (χ4v) is 3.62. The molecule has 0 fully saturated rings. The van der Waals surface area contributed by atoms with Gasteiger partial charge in [-0.05, 0) is 29.5 Å². The van der Waals surface area contributed by atoms with E-state index in [0.717, 1.165) is 27.0 Å². The van der Waals surface area contributed by atoms with Crippen molar-refractivity contribution < 1.29 is 14.4 Å². The fourth-order valence-electron chi connectivity index (χ4n) is 2.35. The van der Waals surface area contributed by atoms with Crippen molar-refractivity contribution in [3.8, 4) is 10.6 Å². The van der Waals surface area contributed by atoms with Crippen LogP contribution in [0.1, 0.15) is 5.56 Å². The highest BCUT2D eigenvalue weighted by Gasteiger charge is 2.18. The minimum Gasteiger partial charge on any atom is -0.354 e. The average molecular weight is 307 g/mol. The molecule has 0 aliphatic rings. The summed E-state index contributed by atoms with van der Waals surface area (Å²) < 4.78 is 11.1. The van der Waals surface area contributed by atoms with Gasteiger partial charge in [-0.2, -0.15) is 0 Å². The first kappa shape index (κ1) is 13.6. The fraction of sp³-hybridized carbons (Fsp3) is 0.143. The molecular formula is C14H14NO3PS. The van der Waals surface area contributed by atoms with E-state index in [4.69, 9.17) is 9.79 Å². The van der Waals surface area contributed by atoms with Gasteiger partial charge >= 0.3 is 7.60 Å². The summed E-state index contributed by atoms with van der Waals surface area (Å²) >= 11 is 1.61. The smallest absolute Gasteiger partial charge is 0.325 e. The maximum absolute atomic E-state index is 11.1. The molecular weight excluding hydrogens is 293 g/mol. The zero-order valence-electron chi connectivity index (χ0n) is 10.6. The van der Waals surface area contributed by atoms with Crippen LogP contribution in [0.2, 0.25) is 0 Å². The van der Waals surface area contributed by atoms with Gasteiger partial charge in [-0.3, -0.25) is 4.57 Å². The van der Waals surface area contributed by atoms with Gasteiger partial charge in [0.25, 0.3) is 0 Å². The Hall–Kier alpha value is -1.39. The van der Waals surface area contributed by atoms with E-state index in [1.165, 1.54) is 0 Å². The quantitative estimate of drug-likeness (QED) is 0.645. The van der Waals surface area contributed by atoms with Crippen LogP contribution in [0.25, 0.3) is 21.5 Å². The maximum Gasteiger partial charge on any atom is 0.325 e. The molecule has 3 aromatic rings. The third-order valence-corrected chi connectivity index (χ3v) is 4.93. The largest absolute Gasteiger partial charge is 0.354 e. The first-order valence-corrected chi connectivity index (χ1v) is 8.90. The number of benzene rings is 1. The second kappa shape index (κ2) is 5.19. The van der Waals surface area contributed by atoms with Crippen LogP contribution < -0.4 is 0 Å². The predicted molar refractivity (Wildman–Crippen MR) is 82.2 cm³/mol. The zero-order chi connectivity index (χ0) is 14.2. The van der Waals surface area contributed by atoms with Crippen molar-refractivity contribution in [2.75, 3.05) is 6.16 Å². The number of aryl methyl sites for hydroxylation is 1. The molecule has 0 unspecified atom stereocenters. The van der Waals surface area contributed by atoms with Gasteiger partial charge in [0.05, 0.1) is 16.7 Å². The molecule has 1 aromatic carbocycles. The van der Waals surface area contributed by atoms with E-state index in [1.54, 1.807) is 11.3 Å². The van der Waals surface area contributed by atoms with Crippen LogP contribution in [0.15, 0.2) is 41.8 Å². The SMILES string of the molecule is O=P(O)(O)CCc1c(-c2cccs2)[nH]c2ccccc12. The molecule has 3 rings (SSSR count). The minimum atomic E-state index is -3.99. The number of thiophene rings is 1. The molecule has 0 amide bonds. The molecule has 0 spiro atoms. The molecule has 0 atom stereocenters. The van der Waals surface area contributed by atoms with Gasteiger partial charge in [-0.15, -0.1) is 11.3 Å². The van der Waals surface area contributed by atoms with E-state index < -0.39 is 7.60 Å². The Morgan fingerprint density at radius 2 is 1.95 bits per heavy atom. The minimum absolute atomic E-state index is 0.132. The summed E-state index contributed by atoms with van der Waals surface area (Å²) in [5.74, 6) is 0. The van der Waals surface area contributed by atoms with Crippen LogP contribution in [0.3, 0.4) is 0 Å². The van der Waals surface area contributed by atoms with Crippen molar-refractivity contribution >= 4 is 29.8 Å². The topological polar surface area (TPSA) is 73.3 Å². The Balaban J connectivity index is 2.11. The van der Waals surface area contributed by atoms with E-state index in [0.29, 0.717) is 6.42 Å². The Morgan fingerprint density at radius 1 is 1.15 bits per heavy atom. The Bertz CT molecular complexity index is 773. The van der Waals surface area contributed by atoms with Crippen LogP contribution in [0, 0.1) is 0 Å². The Kier molecular flexibility index (Phi) is 3.52. The molecule has 0 radical (unpaired) electrons. The molecule has 3 N–H and O–H groups in total. The standard InChI is InChI=1S/C14H14NO3PS/c16-19(17,18)8-7-11-10-4-1-2-5-12(10)15-14(11)13-6-3-9-20-13/h1-6,9,15H,7-8H2,(H2,16,17,18). The van der Waals surface area contributed by atoms with Crippen molar-refractivity contribution in [3.63, 3.8) is 0 Å². The molecule has 4 nitrogen and oxygen atoms in total. The Labute approximate surface area is 120 Å². The monoisotopic (exact) mass is 307 g/mol. The molecule has 0 saturated carbocycles. The van der Waals surface area contributed by atoms with Gasteiger partial charge in [0.1, 0.15) is 0 Å². The summed E-state index contributed by atoms with van der Waals surface area (Å²) in [4.78, 5) is 22.7. The Morgan fingerprint density at radius 3 is 2.65 bits per heavy atom. The third-order valence-electron chi connectivity index (χ3n) is 3.23. The van der Waals surface area contributed by atoms with Gasteiger partial charge in [0.15, 0.2) is 0 Å². The number of hydrogen-bond donors (Lipinski definition) is 3. The molecule has 0 aliphatic carbocycles. The normalized spacial score (nSPS) is 12.1. The average Bonchev–Trinajstić information content (AvgIpc) is 3.02. The molecule has 0 bridgehead atoms. The summed E-state index contributed by atoms with van der Waals surface area (Å²) in [6.45, 7) is 0. The number of fused-ring (bicyclic) bond motifs is 1. The highest BCUT2D eigenvalue weighted by atomic mass is 32.1. The molecule has 6 heteroatoms. The number of hydrogen-bond acceptors (Lipinski definition) is 2. The number of H-pyrrole nitrogens is 1. The molecule has 20 heavy (non-hydrogen) atoms. The number of aromatic amines is 1. The van der Waals surface area contributed by atoms with Gasteiger partial charge < -0.3 is 14.8 Å². The molecule has 104 valence electrons. The van der Waals surface area contributed by atoms with Gasteiger partial charge in [0.2, 0.25) is 0 Å². The lowest BCUT2D eigenvalue weighted by Gasteiger charge is -2.05. The second-order valence-electron chi connectivity index (χ2n) is 4.64. The number of nitrogens with one attached hydrogen (secondary N) is 1. The highest BCUT2D eigenvalue weighted by molar-refractivity contribution is 7.51. The second-order valence-corrected chi connectivity index (χ2v) is 7.36. The van der Waals surface area contributed by atoms with Crippen LogP contribution in [-0.2, 0) is 11.0 Å². The summed E-state index contributed by atoms with van der Waals surface area (Å²) in [6.07, 6.45) is 0.231. The maximum atomic E-state index is 11.1. The van der Waals surface area contributed by atoms with E-state index in [1.807, 2.05) is 41.8 Å². The number of para-hydroxylation sites is 1. The van der Waals surface area contributed by atoms with Crippen molar-refractivity contribution in [1.82, 2.24) is 4.98 Å². The lowest BCUT2D eigenvalue weighted by molar-refractivity contribution is 0.373. The third kappa shape index (κ3) is 2.72. The lowest BCUT2D eigenvalue weighted by Crippen LogP contribution is -1.94. The molecule has 2 heterocycles. The lowest BCUT2D eigenvalue weighted by atomic mass is 10.1. The van der Waals surface area contributed by atoms with Gasteiger partial charge in [0, 0.05) is 10.9 Å². The first-order chi connectivity index (χ1) is 9.54. The van der Waals surface area contributed by atoms with E-state index in [9.17, 15) is 4.57 Å². The molecule has 0 aliphatic heterocycles.